The van der Waals surface area contributed by atoms with Crippen molar-refractivity contribution in [1.82, 2.24) is 20.4 Å². The molecule has 2 amide bonds. The molecule has 5 nitrogen and oxygen atoms in total. The summed E-state index contributed by atoms with van der Waals surface area (Å²) in [5, 5.41) is 6.38. The molecule has 1 saturated heterocycles. The van der Waals surface area contributed by atoms with Crippen molar-refractivity contribution in [2.75, 3.05) is 40.3 Å². The van der Waals surface area contributed by atoms with Crippen LogP contribution in [0.25, 0.3) is 0 Å². The highest BCUT2D eigenvalue weighted by Gasteiger charge is 2.33. The van der Waals surface area contributed by atoms with Gasteiger partial charge in [0.2, 0.25) is 0 Å². The van der Waals surface area contributed by atoms with Crippen LogP contribution >= 0.6 is 0 Å². The summed E-state index contributed by atoms with van der Waals surface area (Å²) in [7, 11) is 3.51. The number of carbonyl (C=O) groups excluding carboxylic acids is 1. The lowest BCUT2D eigenvalue weighted by Crippen LogP contribution is -2.41. The lowest BCUT2D eigenvalue weighted by atomic mass is 10.2. The van der Waals surface area contributed by atoms with E-state index in [0.29, 0.717) is 12.6 Å². The van der Waals surface area contributed by atoms with Crippen LogP contribution in [0.1, 0.15) is 19.3 Å². The molecule has 1 atom stereocenters. The Kier molecular flexibility index (Phi) is 4.23. The van der Waals surface area contributed by atoms with Gasteiger partial charge in [0.05, 0.1) is 0 Å². The Morgan fingerprint density at radius 2 is 2.06 bits per heavy atom. The molecule has 17 heavy (non-hydrogen) atoms. The van der Waals surface area contributed by atoms with Crippen LogP contribution in [0.3, 0.4) is 0 Å². The highest BCUT2D eigenvalue weighted by atomic mass is 16.2. The van der Waals surface area contributed by atoms with E-state index in [4.69, 9.17) is 0 Å². The van der Waals surface area contributed by atoms with Crippen LogP contribution in [-0.4, -0.2) is 68.2 Å². The fourth-order valence-electron chi connectivity index (χ4n) is 2.33. The summed E-state index contributed by atoms with van der Waals surface area (Å²) in [6.45, 7) is 4.00. The molecule has 2 fully saturated rings. The number of likely N-dealkylation sites (tertiary alicyclic amines) is 1. The normalized spacial score (nSPS) is 24.9. The zero-order valence-corrected chi connectivity index (χ0v) is 10.9. The summed E-state index contributed by atoms with van der Waals surface area (Å²) in [5.41, 5.74) is 0. The zero-order valence-electron chi connectivity index (χ0n) is 10.9. The summed E-state index contributed by atoms with van der Waals surface area (Å²) >= 11 is 0. The van der Waals surface area contributed by atoms with E-state index in [2.05, 4.69) is 15.5 Å². The monoisotopic (exact) mass is 240 g/mol. The van der Waals surface area contributed by atoms with Gasteiger partial charge in [-0.25, -0.2) is 4.79 Å². The second kappa shape index (κ2) is 5.69. The van der Waals surface area contributed by atoms with Crippen molar-refractivity contribution in [2.45, 2.75) is 31.3 Å². The van der Waals surface area contributed by atoms with Gasteiger partial charge in [0, 0.05) is 52.4 Å². The largest absolute Gasteiger partial charge is 0.337 e. The molecule has 1 unspecified atom stereocenters. The molecular formula is C12H24N4O. The van der Waals surface area contributed by atoms with Crippen molar-refractivity contribution in [3.63, 3.8) is 0 Å². The summed E-state index contributed by atoms with van der Waals surface area (Å²) in [5.74, 6) is 0. The van der Waals surface area contributed by atoms with Gasteiger partial charge < -0.3 is 15.5 Å². The van der Waals surface area contributed by atoms with E-state index in [1.165, 1.54) is 32.4 Å². The Morgan fingerprint density at radius 3 is 2.71 bits per heavy atom. The van der Waals surface area contributed by atoms with Crippen molar-refractivity contribution in [1.29, 1.82) is 0 Å². The molecule has 2 N–H and O–H groups in total. The number of amides is 2. The average molecular weight is 240 g/mol. The Morgan fingerprint density at radius 1 is 1.29 bits per heavy atom. The van der Waals surface area contributed by atoms with Crippen LogP contribution < -0.4 is 10.6 Å². The molecule has 1 aliphatic carbocycles. The second-order valence-electron chi connectivity index (χ2n) is 5.29. The van der Waals surface area contributed by atoms with Crippen molar-refractivity contribution in [3.8, 4) is 0 Å². The number of hydrogen-bond acceptors (Lipinski definition) is 3. The van der Waals surface area contributed by atoms with Gasteiger partial charge in [0.25, 0.3) is 0 Å². The first-order chi connectivity index (χ1) is 8.16. The molecule has 2 aliphatic rings. The molecule has 0 bridgehead atoms. The third kappa shape index (κ3) is 3.85. The first kappa shape index (κ1) is 12.6. The molecule has 5 heteroatoms. The quantitative estimate of drug-likeness (QED) is 0.669. The van der Waals surface area contributed by atoms with E-state index in [1.807, 2.05) is 0 Å². The maximum atomic E-state index is 11.3. The number of nitrogens with zero attached hydrogens (tertiary/aromatic N) is 2. The molecule has 0 radical (unpaired) electrons. The highest BCUT2D eigenvalue weighted by Crippen LogP contribution is 2.29. The first-order valence-electron chi connectivity index (χ1n) is 6.59. The van der Waals surface area contributed by atoms with Gasteiger partial charge in [-0.05, 0) is 19.3 Å². The molecule has 0 aromatic rings. The van der Waals surface area contributed by atoms with Gasteiger partial charge in [-0.3, -0.25) is 4.90 Å². The summed E-state index contributed by atoms with van der Waals surface area (Å²) in [6.07, 6.45) is 4.04. The number of rotatable bonds is 5. The van der Waals surface area contributed by atoms with Gasteiger partial charge in [0.15, 0.2) is 0 Å². The van der Waals surface area contributed by atoms with Gasteiger partial charge in [0.1, 0.15) is 0 Å². The SMILES string of the molecule is CN(C)C(=O)NCCNC1CCN(C2CC2)C1. The van der Waals surface area contributed by atoms with Crippen molar-refractivity contribution < 1.29 is 4.79 Å². The molecule has 0 aromatic heterocycles. The lowest BCUT2D eigenvalue weighted by Gasteiger charge is -2.16. The Hall–Kier alpha value is -0.810. The fraction of sp³-hybridized carbons (Fsp3) is 0.917. The van der Waals surface area contributed by atoms with Crippen molar-refractivity contribution in [3.05, 3.63) is 0 Å². The van der Waals surface area contributed by atoms with Gasteiger partial charge in [-0.1, -0.05) is 0 Å². The van der Waals surface area contributed by atoms with Gasteiger partial charge in [-0.15, -0.1) is 0 Å². The first-order valence-corrected chi connectivity index (χ1v) is 6.59. The second-order valence-corrected chi connectivity index (χ2v) is 5.29. The topological polar surface area (TPSA) is 47.6 Å². The molecule has 1 aliphatic heterocycles. The fourth-order valence-corrected chi connectivity index (χ4v) is 2.33. The molecule has 98 valence electrons. The zero-order chi connectivity index (χ0) is 12.3. The minimum atomic E-state index is -0.0159. The van der Waals surface area contributed by atoms with E-state index < -0.39 is 0 Å². The third-order valence-electron chi connectivity index (χ3n) is 3.52. The molecular weight excluding hydrogens is 216 g/mol. The number of nitrogens with one attached hydrogen (secondary N) is 2. The Labute approximate surface area is 104 Å². The van der Waals surface area contributed by atoms with E-state index in [1.54, 1.807) is 19.0 Å². The molecule has 1 saturated carbocycles. The summed E-state index contributed by atoms with van der Waals surface area (Å²) < 4.78 is 0. The Bertz CT molecular complexity index is 265. The number of carbonyl (C=O) groups is 1. The molecule has 0 aromatic carbocycles. The van der Waals surface area contributed by atoms with E-state index >= 15 is 0 Å². The predicted octanol–water partition coefficient (Wildman–Crippen LogP) is 0.0839. The van der Waals surface area contributed by atoms with Crippen LogP contribution in [-0.2, 0) is 0 Å². The predicted molar refractivity (Wildman–Crippen MR) is 68.1 cm³/mol. The van der Waals surface area contributed by atoms with Crippen molar-refractivity contribution >= 4 is 6.03 Å². The molecule has 1 heterocycles. The van der Waals surface area contributed by atoms with Gasteiger partial charge >= 0.3 is 6.03 Å². The lowest BCUT2D eigenvalue weighted by molar-refractivity contribution is 0.217. The van der Waals surface area contributed by atoms with E-state index in [-0.39, 0.29) is 6.03 Å². The minimum Gasteiger partial charge on any atom is -0.337 e. The van der Waals surface area contributed by atoms with Crippen LogP contribution in [0.15, 0.2) is 0 Å². The van der Waals surface area contributed by atoms with E-state index in [0.717, 1.165) is 12.6 Å². The maximum absolute atomic E-state index is 11.3. The Balaban J connectivity index is 1.52. The smallest absolute Gasteiger partial charge is 0.316 e. The average Bonchev–Trinajstić information content (AvgIpc) is 3.04. The number of hydrogen-bond donors (Lipinski definition) is 2. The summed E-state index contributed by atoms with van der Waals surface area (Å²) in [6, 6.07) is 1.49. The maximum Gasteiger partial charge on any atom is 0.316 e. The van der Waals surface area contributed by atoms with Gasteiger partial charge in [-0.2, -0.15) is 0 Å². The molecule has 0 spiro atoms. The van der Waals surface area contributed by atoms with E-state index in [9.17, 15) is 4.79 Å². The molecule has 2 rings (SSSR count). The van der Waals surface area contributed by atoms with Crippen LogP contribution in [0.2, 0.25) is 0 Å². The van der Waals surface area contributed by atoms with Crippen LogP contribution in [0, 0.1) is 0 Å². The van der Waals surface area contributed by atoms with Crippen LogP contribution in [0.5, 0.6) is 0 Å². The standard InChI is InChI=1S/C12H24N4O/c1-15(2)12(17)14-7-6-13-10-5-8-16(9-10)11-3-4-11/h10-11,13H,3-9H2,1-2H3,(H,14,17). The van der Waals surface area contributed by atoms with Crippen LogP contribution in [0.4, 0.5) is 4.79 Å². The minimum absolute atomic E-state index is 0.0159. The highest BCUT2D eigenvalue weighted by molar-refractivity contribution is 5.73. The van der Waals surface area contributed by atoms with Crippen molar-refractivity contribution in [2.24, 2.45) is 0 Å². The summed E-state index contributed by atoms with van der Waals surface area (Å²) in [4.78, 5) is 15.4. The third-order valence-corrected chi connectivity index (χ3v) is 3.52. The number of urea groups is 1.